The van der Waals surface area contributed by atoms with E-state index in [1.165, 1.54) is 0 Å². The maximum Gasteiger partial charge on any atom is 0.407 e. The van der Waals surface area contributed by atoms with Crippen LogP contribution < -0.4 is 10.1 Å². The van der Waals surface area contributed by atoms with Gasteiger partial charge in [-0.25, -0.2) is 4.79 Å². The molecule has 1 saturated heterocycles. The highest BCUT2D eigenvalue weighted by Gasteiger charge is 2.24. The predicted molar refractivity (Wildman–Crippen MR) is 105 cm³/mol. The van der Waals surface area contributed by atoms with Crippen LogP contribution in [0.3, 0.4) is 0 Å². The van der Waals surface area contributed by atoms with E-state index in [0.717, 1.165) is 55.2 Å². The zero-order valence-corrected chi connectivity index (χ0v) is 17.1. The molecule has 1 aliphatic heterocycles. The minimum Gasteiger partial charge on any atom is -0.494 e. The number of nitrogens with one attached hydrogen (secondary N) is 1. The number of rotatable bonds is 6. The molecule has 0 bridgehead atoms. The van der Waals surface area contributed by atoms with E-state index in [-0.39, 0.29) is 12.1 Å². The van der Waals surface area contributed by atoms with Gasteiger partial charge in [0.15, 0.2) is 0 Å². The number of piperidine rings is 1. The summed E-state index contributed by atoms with van der Waals surface area (Å²) >= 11 is 6.14. The molecule has 0 aromatic heterocycles. The van der Waals surface area contributed by atoms with E-state index in [9.17, 15) is 4.79 Å². The first-order chi connectivity index (χ1) is 12.3. The van der Waals surface area contributed by atoms with Crippen LogP contribution in [0.4, 0.5) is 4.79 Å². The van der Waals surface area contributed by atoms with Gasteiger partial charge < -0.3 is 19.7 Å². The molecular formula is C20H31ClN2O3. The van der Waals surface area contributed by atoms with Crippen LogP contribution in [0, 0.1) is 0 Å². The predicted octanol–water partition coefficient (Wildman–Crippen LogP) is 4.27. The van der Waals surface area contributed by atoms with E-state index in [1.807, 2.05) is 45.9 Å². The van der Waals surface area contributed by atoms with Gasteiger partial charge in [0.05, 0.1) is 6.61 Å². The average Bonchev–Trinajstić information content (AvgIpc) is 2.53. The first-order valence-corrected chi connectivity index (χ1v) is 9.77. The number of halogens is 1. The van der Waals surface area contributed by atoms with Crippen molar-refractivity contribution in [3.63, 3.8) is 0 Å². The first-order valence-electron chi connectivity index (χ1n) is 9.40. The molecule has 1 amide bonds. The van der Waals surface area contributed by atoms with Crippen molar-refractivity contribution in [2.24, 2.45) is 0 Å². The van der Waals surface area contributed by atoms with Crippen molar-refractivity contribution >= 4 is 17.7 Å². The molecule has 1 aromatic rings. The summed E-state index contributed by atoms with van der Waals surface area (Å²) in [5.74, 6) is 0.900. The van der Waals surface area contributed by atoms with Gasteiger partial charge in [-0.2, -0.15) is 0 Å². The third-order valence-electron chi connectivity index (χ3n) is 4.25. The molecule has 0 saturated carbocycles. The van der Waals surface area contributed by atoms with Crippen molar-refractivity contribution < 1.29 is 14.3 Å². The molecule has 0 spiro atoms. The summed E-state index contributed by atoms with van der Waals surface area (Å²) in [7, 11) is 0. The molecule has 6 heteroatoms. The number of benzene rings is 1. The molecule has 0 radical (unpaired) electrons. The molecule has 2 rings (SSSR count). The summed E-state index contributed by atoms with van der Waals surface area (Å²) in [6.45, 7) is 11.0. The third-order valence-corrected chi connectivity index (χ3v) is 4.48. The Kier molecular flexibility index (Phi) is 7.59. The molecule has 26 heavy (non-hydrogen) atoms. The molecule has 1 aromatic carbocycles. The van der Waals surface area contributed by atoms with Crippen LogP contribution in [-0.2, 0) is 11.2 Å². The highest BCUT2D eigenvalue weighted by Crippen LogP contribution is 2.24. The Balaban J connectivity index is 1.87. The molecule has 1 fully saturated rings. The summed E-state index contributed by atoms with van der Waals surface area (Å²) in [5.41, 5.74) is 0.655. The summed E-state index contributed by atoms with van der Waals surface area (Å²) in [6.07, 6.45) is 2.58. The summed E-state index contributed by atoms with van der Waals surface area (Å²) < 4.78 is 11.1. The number of alkyl carbamates (subject to hydrolysis) is 1. The molecule has 1 heterocycles. The Labute approximate surface area is 162 Å². The van der Waals surface area contributed by atoms with Gasteiger partial charge in [-0.3, -0.25) is 0 Å². The Morgan fingerprint density at radius 2 is 2.15 bits per heavy atom. The molecule has 0 aliphatic carbocycles. The van der Waals surface area contributed by atoms with E-state index in [0.29, 0.717) is 6.61 Å². The van der Waals surface area contributed by atoms with Crippen LogP contribution in [-0.4, -0.2) is 48.9 Å². The van der Waals surface area contributed by atoms with E-state index in [1.54, 1.807) is 0 Å². The summed E-state index contributed by atoms with van der Waals surface area (Å²) in [6, 6.07) is 5.90. The van der Waals surface area contributed by atoms with Crippen molar-refractivity contribution in [2.75, 3.05) is 26.2 Å². The van der Waals surface area contributed by atoms with Crippen molar-refractivity contribution in [1.82, 2.24) is 10.2 Å². The van der Waals surface area contributed by atoms with Crippen molar-refractivity contribution in [2.45, 2.75) is 58.6 Å². The lowest BCUT2D eigenvalue weighted by Gasteiger charge is -2.33. The smallest absolute Gasteiger partial charge is 0.407 e. The van der Waals surface area contributed by atoms with E-state index in [2.05, 4.69) is 10.2 Å². The lowest BCUT2D eigenvalue weighted by molar-refractivity contribution is 0.0472. The lowest BCUT2D eigenvalue weighted by Crippen LogP contribution is -2.49. The van der Waals surface area contributed by atoms with E-state index in [4.69, 9.17) is 21.1 Å². The molecule has 5 nitrogen and oxygen atoms in total. The number of likely N-dealkylation sites (tertiary alicyclic amines) is 1. The molecule has 1 atom stereocenters. The van der Waals surface area contributed by atoms with Gasteiger partial charge in [-0.05, 0) is 77.3 Å². The summed E-state index contributed by atoms with van der Waals surface area (Å²) in [5, 5.41) is 3.72. The second kappa shape index (κ2) is 9.47. The van der Waals surface area contributed by atoms with Crippen LogP contribution >= 0.6 is 11.6 Å². The minimum absolute atomic E-state index is 0.129. The van der Waals surface area contributed by atoms with Crippen LogP contribution in [0.2, 0.25) is 5.02 Å². The number of hydrogen-bond acceptors (Lipinski definition) is 4. The number of amides is 1. The van der Waals surface area contributed by atoms with Crippen LogP contribution in [0.25, 0.3) is 0 Å². The normalized spacial score (nSPS) is 18.4. The standard InChI is InChI=1S/C20H31ClN2O3/c1-5-25-18-9-8-16(21)13-15(18)10-12-23-11-6-7-17(14-23)22-19(24)26-20(2,3)4/h8-9,13,17H,5-7,10-12,14H2,1-4H3,(H,22,24)/t17-/m0/s1. The Hall–Kier alpha value is -1.46. The van der Waals surface area contributed by atoms with Crippen LogP contribution in [0.5, 0.6) is 5.75 Å². The molecule has 1 N–H and O–H groups in total. The fourth-order valence-electron chi connectivity index (χ4n) is 3.17. The van der Waals surface area contributed by atoms with E-state index < -0.39 is 5.60 Å². The monoisotopic (exact) mass is 382 g/mol. The minimum atomic E-state index is -0.472. The molecule has 0 unspecified atom stereocenters. The zero-order valence-electron chi connectivity index (χ0n) is 16.3. The molecule has 1 aliphatic rings. The van der Waals surface area contributed by atoms with Crippen molar-refractivity contribution in [3.8, 4) is 5.75 Å². The van der Waals surface area contributed by atoms with E-state index >= 15 is 0 Å². The van der Waals surface area contributed by atoms with Gasteiger partial charge in [-0.15, -0.1) is 0 Å². The number of carbonyl (C=O) groups excluding carboxylic acids is 1. The first kappa shape index (κ1) is 20.8. The molecular weight excluding hydrogens is 352 g/mol. The Morgan fingerprint density at radius 1 is 1.38 bits per heavy atom. The fraction of sp³-hybridized carbons (Fsp3) is 0.650. The number of hydrogen-bond donors (Lipinski definition) is 1. The SMILES string of the molecule is CCOc1ccc(Cl)cc1CCN1CCC[C@H](NC(=O)OC(C)(C)C)C1. The van der Waals surface area contributed by atoms with Gasteiger partial charge >= 0.3 is 6.09 Å². The zero-order chi connectivity index (χ0) is 19.2. The second-order valence-corrected chi connectivity index (χ2v) is 8.16. The topological polar surface area (TPSA) is 50.8 Å². The third kappa shape index (κ3) is 7.04. The maximum atomic E-state index is 12.0. The van der Waals surface area contributed by atoms with Crippen LogP contribution in [0.1, 0.15) is 46.1 Å². The highest BCUT2D eigenvalue weighted by molar-refractivity contribution is 6.30. The lowest BCUT2D eigenvalue weighted by atomic mass is 10.0. The summed E-state index contributed by atoms with van der Waals surface area (Å²) in [4.78, 5) is 14.4. The number of carbonyl (C=O) groups is 1. The average molecular weight is 383 g/mol. The van der Waals surface area contributed by atoms with Crippen molar-refractivity contribution in [1.29, 1.82) is 0 Å². The fourth-order valence-corrected chi connectivity index (χ4v) is 3.36. The van der Waals surface area contributed by atoms with Gasteiger partial charge in [0.25, 0.3) is 0 Å². The van der Waals surface area contributed by atoms with Crippen molar-refractivity contribution in [3.05, 3.63) is 28.8 Å². The highest BCUT2D eigenvalue weighted by atomic mass is 35.5. The number of ether oxygens (including phenoxy) is 2. The second-order valence-electron chi connectivity index (χ2n) is 7.72. The van der Waals surface area contributed by atoms with Gasteiger partial charge in [-0.1, -0.05) is 11.6 Å². The van der Waals surface area contributed by atoms with Gasteiger partial charge in [0.1, 0.15) is 11.4 Å². The largest absolute Gasteiger partial charge is 0.494 e. The Morgan fingerprint density at radius 3 is 2.85 bits per heavy atom. The quantitative estimate of drug-likeness (QED) is 0.798. The van der Waals surface area contributed by atoms with Gasteiger partial charge in [0.2, 0.25) is 0 Å². The maximum absolute atomic E-state index is 12.0. The number of nitrogens with zero attached hydrogens (tertiary/aromatic N) is 1. The Bertz CT molecular complexity index is 601. The molecule has 146 valence electrons. The van der Waals surface area contributed by atoms with Crippen LogP contribution in [0.15, 0.2) is 18.2 Å². The van der Waals surface area contributed by atoms with Gasteiger partial charge in [0, 0.05) is 24.2 Å².